The van der Waals surface area contributed by atoms with Gasteiger partial charge in [0.2, 0.25) is 5.91 Å². The first-order valence-corrected chi connectivity index (χ1v) is 8.69. The maximum atomic E-state index is 12.3. The number of pyridine rings is 1. The Balaban J connectivity index is 1.62. The van der Waals surface area contributed by atoms with Crippen LogP contribution in [0, 0.1) is 0 Å². The molecule has 0 saturated carbocycles. The molecular weight excluding hydrogens is 342 g/mol. The summed E-state index contributed by atoms with van der Waals surface area (Å²) in [6, 6.07) is 11.6. The maximum absolute atomic E-state index is 12.3. The van der Waals surface area contributed by atoms with Gasteiger partial charge in [0.1, 0.15) is 17.8 Å². The molecule has 0 aliphatic carbocycles. The molecule has 0 saturated heterocycles. The Morgan fingerprint density at radius 3 is 2.41 bits per heavy atom. The highest BCUT2D eigenvalue weighted by molar-refractivity contribution is 5.92. The fraction of sp³-hybridized carbons (Fsp3) is 0.200. The zero-order valence-corrected chi connectivity index (χ0v) is 15.3. The summed E-state index contributed by atoms with van der Waals surface area (Å²) >= 11 is 0. The standard InChI is InChI=1S/C20H21N5O2/c1-3-15-4-6-16(7-5-15)10-22-20(27)18-12-25(13-23-18)19-9-8-17(11-21-19)24-14(2)26/h4-9,11-13H,3,10H2,1-2H3,(H,22,27)(H,24,26). The lowest BCUT2D eigenvalue weighted by molar-refractivity contribution is -0.114. The second kappa shape index (κ2) is 8.27. The van der Waals surface area contributed by atoms with E-state index in [0.29, 0.717) is 23.7 Å². The molecule has 7 nitrogen and oxygen atoms in total. The molecule has 2 amide bonds. The van der Waals surface area contributed by atoms with E-state index in [2.05, 4.69) is 39.7 Å². The Hall–Kier alpha value is -3.48. The molecule has 0 bridgehead atoms. The number of imidazole rings is 1. The first-order valence-electron chi connectivity index (χ1n) is 8.69. The van der Waals surface area contributed by atoms with Gasteiger partial charge >= 0.3 is 0 Å². The van der Waals surface area contributed by atoms with Crippen molar-refractivity contribution in [2.75, 3.05) is 5.32 Å². The largest absolute Gasteiger partial charge is 0.347 e. The number of rotatable bonds is 6. The van der Waals surface area contributed by atoms with E-state index in [0.717, 1.165) is 12.0 Å². The molecule has 0 radical (unpaired) electrons. The summed E-state index contributed by atoms with van der Waals surface area (Å²) in [5.41, 5.74) is 3.22. The summed E-state index contributed by atoms with van der Waals surface area (Å²) in [5.74, 6) is 0.199. The SMILES string of the molecule is CCc1ccc(CNC(=O)c2cn(-c3ccc(NC(C)=O)cn3)cn2)cc1. The van der Waals surface area contributed by atoms with Gasteiger partial charge in [-0.05, 0) is 29.7 Å². The van der Waals surface area contributed by atoms with Crippen LogP contribution in [0.1, 0.15) is 35.5 Å². The van der Waals surface area contributed by atoms with Gasteiger partial charge in [-0.3, -0.25) is 14.2 Å². The molecule has 0 aliphatic rings. The molecule has 3 rings (SSSR count). The van der Waals surface area contributed by atoms with Crippen molar-refractivity contribution in [3.8, 4) is 5.82 Å². The number of anilines is 1. The third-order valence-corrected chi connectivity index (χ3v) is 4.03. The van der Waals surface area contributed by atoms with E-state index < -0.39 is 0 Å². The summed E-state index contributed by atoms with van der Waals surface area (Å²) in [6.45, 7) is 3.99. The number of nitrogens with one attached hydrogen (secondary N) is 2. The van der Waals surface area contributed by atoms with Crippen molar-refractivity contribution in [3.05, 3.63) is 71.9 Å². The van der Waals surface area contributed by atoms with Gasteiger partial charge in [0.15, 0.2) is 0 Å². The minimum atomic E-state index is -0.247. The average molecular weight is 363 g/mol. The van der Waals surface area contributed by atoms with Crippen molar-refractivity contribution in [3.63, 3.8) is 0 Å². The molecule has 0 aliphatic heterocycles. The molecule has 138 valence electrons. The Labute approximate surface area is 157 Å². The van der Waals surface area contributed by atoms with Gasteiger partial charge in [-0.1, -0.05) is 31.2 Å². The van der Waals surface area contributed by atoms with Crippen molar-refractivity contribution in [2.24, 2.45) is 0 Å². The van der Waals surface area contributed by atoms with Crippen LogP contribution in [0.15, 0.2) is 55.1 Å². The van der Waals surface area contributed by atoms with Gasteiger partial charge < -0.3 is 10.6 Å². The predicted molar refractivity (Wildman–Crippen MR) is 103 cm³/mol. The fourth-order valence-electron chi connectivity index (χ4n) is 2.55. The monoisotopic (exact) mass is 363 g/mol. The third-order valence-electron chi connectivity index (χ3n) is 4.03. The zero-order chi connectivity index (χ0) is 19.2. The van der Waals surface area contributed by atoms with E-state index in [1.54, 1.807) is 29.1 Å². The van der Waals surface area contributed by atoms with Crippen LogP contribution in [-0.2, 0) is 17.8 Å². The number of amides is 2. The summed E-state index contributed by atoms with van der Waals surface area (Å²) in [4.78, 5) is 31.8. The van der Waals surface area contributed by atoms with Crippen LogP contribution in [0.3, 0.4) is 0 Å². The van der Waals surface area contributed by atoms with Crippen molar-refractivity contribution in [1.29, 1.82) is 0 Å². The van der Waals surface area contributed by atoms with Gasteiger partial charge in [0, 0.05) is 19.7 Å². The first kappa shape index (κ1) is 18.3. The van der Waals surface area contributed by atoms with Crippen molar-refractivity contribution < 1.29 is 9.59 Å². The predicted octanol–water partition coefficient (Wildman–Crippen LogP) is 2.72. The lowest BCUT2D eigenvalue weighted by Gasteiger charge is -2.05. The second-order valence-electron chi connectivity index (χ2n) is 6.11. The van der Waals surface area contributed by atoms with Gasteiger partial charge in [-0.15, -0.1) is 0 Å². The quantitative estimate of drug-likeness (QED) is 0.705. The number of aryl methyl sites for hydroxylation is 1. The van der Waals surface area contributed by atoms with Crippen LogP contribution >= 0.6 is 0 Å². The van der Waals surface area contributed by atoms with Crippen LogP contribution in [0.5, 0.6) is 0 Å². The topological polar surface area (TPSA) is 88.9 Å². The zero-order valence-electron chi connectivity index (χ0n) is 15.3. The Morgan fingerprint density at radius 1 is 1.04 bits per heavy atom. The van der Waals surface area contributed by atoms with Crippen LogP contribution in [0.2, 0.25) is 0 Å². The molecule has 0 fully saturated rings. The van der Waals surface area contributed by atoms with Crippen LogP contribution in [0.4, 0.5) is 5.69 Å². The summed E-state index contributed by atoms with van der Waals surface area (Å²) in [5, 5.41) is 5.52. The molecule has 2 aromatic heterocycles. The maximum Gasteiger partial charge on any atom is 0.271 e. The molecule has 0 spiro atoms. The van der Waals surface area contributed by atoms with Crippen molar-refractivity contribution in [2.45, 2.75) is 26.8 Å². The van der Waals surface area contributed by atoms with Crippen LogP contribution < -0.4 is 10.6 Å². The van der Waals surface area contributed by atoms with Gasteiger partial charge in [0.05, 0.1) is 11.9 Å². The minimum absolute atomic E-state index is 0.157. The van der Waals surface area contributed by atoms with E-state index >= 15 is 0 Å². The molecule has 3 aromatic rings. The average Bonchev–Trinajstić information content (AvgIpc) is 3.17. The molecule has 0 unspecified atom stereocenters. The smallest absolute Gasteiger partial charge is 0.271 e. The highest BCUT2D eigenvalue weighted by Gasteiger charge is 2.10. The van der Waals surface area contributed by atoms with E-state index in [1.165, 1.54) is 18.8 Å². The van der Waals surface area contributed by atoms with Gasteiger partial charge in [0.25, 0.3) is 5.91 Å². The van der Waals surface area contributed by atoms with E-state index in [9.17, 15) is 9.59 Å². The fourth-order valence-corrected chi connectivity index (χ4v) is 2.55. The number of benzene rings is 1. The molecule has 1 aromatic carbocycles. The molecule has 2 N–H and O–H groups in total. The lowest BCUT2D eigenvalue weighted by Crippen LogP contribution is -2.23. The number of carbonyl (C=O) groups is 2. The second-order valence-corrected chi connectivity index (χ2v) is 6.11. The van der Waals surface area contributed by atoms with Crippen LogP contribution in [0.25, 0.3) is 5.82 Å². The number of hydrogen-bond acceptors (Lipinski definition) is 4. The number of nitrogens with zero attached hydrogens (tertiary/aromatic N) is 3. The summed E-state index contributed by atoms with van der Waals surface area (Å²) < 4.78 is 1.66. The van der Waals surface area contributed by atoms with Gasteiger partial charge in [-0.25, -0.2) is 9.97 Å². The van der Waals surface area contributed by atoms with Crippen molar-refractivity contribution in [1.82, 2.24) is 19.9 Å². The molecule has 7 heteroatoms. The molecule has 27 heavy (non-hydrogen) atoms. The minimum Gasteiger partial charge on any atom is -0.347 e. The first-order chi connectivity index (χ1) is 13.0. The number of carbonyl (C=O) groups excluding carboxylic acids is 2. The van der Waals surface area contributed by atoms with Gasteiger partial charge in [-0.2, -0.15) is 0 Å². The van der Waals surface area contributed by atoms with E-state index in [-0.39, 0.29) is 11.8 Å². The van der Waals surface area contributed by atoms with E-state index in [1.807, 2.05) is 12.1 Å². The van der Waals surface area contributed by atoms with Crippen LogP contribution in [-0.4, -0.2) is 26.3 Å². The Kier molecular flexibility index (Phi) is 5.61. The lowest BCUT2D eigenvalue weighted by atomic mass is 10.1. The van der Waals surface area contributed by atoms with E-state index in [4.69, 9.17) is 0 Å². The Morgan fingerprint density at radius 2 is 1.78 bits per heavy atom. The normalized spacial score (nSPS) is 10.4. The summed E-state index contributed by atoms with van der Waals surface area (Å²) in [6.07, 6.45) is 5.70. The number of hydrogen-bond donors (Lipinski definition) is 2. The third kappa shape index (κ3) is 4.78. The highest BCUT2D eigenvalue weighted by atomic mass is 16.2. The Bertz CT molecular complexity index is 930. The van der Waals surface area contributed by atoms with Crippen molar-refractivity contribution >= 4 is 17.5 Å². The highest BCUT2D eigenvalue weighted by Crippen LogP contribution is 2.11. The number of aromatic nitrogens is 3. The summed E-state index contributed by atoms with van der Waals surface area (Å²) in [7, 11) is 0. The molecule has 0 atom stereocenters. The molecule has 2 heterocycles. The molecular formula is C20H21N5O2.